The van der Waals surface area contributed by atoms with Gasteiger partial charge in [0.05, 0.1) is 6.10 Å². The Labute approximate surface area is 83.4 Å². The van der Waals surface area contributed by atoms with E-state index in [1.54, 1.807) is 6.92 Å². The van der Waals surface area contributed by atoms with Crippen molar-refractivity contribution in [3.63, 3.8) is 0 Å². The average Bonchev–Trinajstić information content (AvgIpc) is 2.09. The summed E-state index contributed by atoms with van der Waals surface area (Å²) in [6.45, 7) is 5.27. The SMILES string of the molecule is C=C(C)C#C[C@]1(O)C[C@@H](O)C=C[C@@H]1O. The van der Waals surface area contributed by atoms with Crippen molar-refractivity contribution in [2.24, 2.45) is 0 Å². The molecule has 1 aliphatic rings. The molecule has 0 aromatic rings. The number of aliphatic hydroxyl groups is 3. The number of aliphatic hydroxyl groups excluding tert-OH is 2. The Morgan fingerprint density at radius 1 is 1.50 bits per heavy atom. The van der Waals surface area contributed by atoms with Gasteiger partial charge in [0.1, 0.15) is 6.10 Å². The molecule has 76 valence electrons. The van der Waals surface area contributed by atoms with Crippen LogP contribution in [0.4, 0.5) is 0 Å². The van der Waals surface area contributed by atoms with Gasteiger partial charge in [-0.05, 0) is 12.5 Å². The van der Waals surface area contributed by atoms with E-state index in [-0.39, 0.29) is 6.42 Å². The zero-order chi connectivity index (χ0) is 10.8. The summed E-state index contributed by atoms with van der Waals surface area (Å²) in [7, 11) is 0. The van der Waals surface area contributed by atoms with E-state index in [0.29, 0.717) is 5.57 Å². The van der Waals surface area contributed by atoms with Crippen LogP contribution in [0.15, 0.2) is 24.3 Å². The molecule has 0 amide bonds. The van der Waals surface area contributed by atoms with Crippen LogP contribution in [0.2, 0.25) is 0 Å². The smallest absolute Gasteiger partial charge is 0.157 e. The fraction of sp³-hybridized carbons (Fsp3) is 0.455. The second kappa shape index (κ2) is 3.97. The van der Waals surface area contributed by atoms with Gasteiger partial charge in [-0.3, -0.25) is 0 Å². The Balaban J connectivity index is 2.89. The van der Waals surface area contributed by atoms with Crippen LogP contribution in [0.1, 0.15) is 13.3 Å². The van der Waals surface area contributed by atoms with Crippen molar-refractivity contribution in [1.29, 1.82) is 0 Å². The van der Waals surface area contributed by atoms with Crippen LogP contribution in [-0.2, 0) is 0 Å². The second-order valence-corrected chi connectivity index (χ2v) is 3.56. The number of rotatable bonds is 0. The lowest BCUT2D eigenvalue weighted by Crippen LogP contribution is -2.45. The van der Waals surface area contributed by atoms with Gasteiger partial charge in [0.2, 0.25) is 0 Å². The molecular formula is C11H14O3. The van der Waals surface area contributed by atoms with Gasteiger partial charge in [-0.2, -0.15) is 0 Å². The zero-order valence-electron chi connectivity index (χ0n) is 8.07. The Morgan fingerprint density at radius 3 is 2.71 bits per heavy atom. The fourth-order valence-electron chi connectivity index (χ4n) is 1.24. The topological polar surface area (TPSA) is 60.7 Å². The first-order valence-electron chi connectivity index (χ1n) is 4.39. The molecule has 0 aliphatic heterocycles. The molecule has 0 saturated heterocycles. The summed E-state index contributed by atoms with van der Waals surface area (Å²) in [4.78, 5) is 0. The van der Waals surface area contributed by atoms with Gasteiger partial charge >= 0.3 is 0 Å². The van der Waals surface area contributed by atoms with Crippen LogP contribution < -0.4 is 0 Å². The predicted octanol–water partition coefficient (Wildman–Crippen LogP) is -0.0213. The van der Waals surface area contributed by atoms with Crippen molar-refractivity contribution in [2.75, 3.05) is 0 Å². The van der Waals surface area contributed by atoms with E-state index in [1.165, 1.54) is 12.2 Å². The minimum Gasteiger partial charge on any atom is -0.389 e. The highest BCUT2D eigenvalue weighted by atomic mass is 16.3. The molecule has 3 heteroatoms. The Bertz CT molecular complexity index is 321. The lowest BCUT2D eigenvalue weighted by molar-refractivity contribution is -0.0401. The van der Waals surface area contributed by atoms with Crippen LogP contribution >= 0.6 is 0 Å². The summed E-state index contributed by atoms with van der Waals surface area (Å²) in [6.07, 6.45) is 0.994. The molecule has 0 aromatic heterocycles. The van der Waals surface area contributed by atoms with E-state index in [4.69, 9.17) is 0 Å². The number of allylic oxidation sites excluding steroid dienone is 1. The maximum Gasteiger partial charge on any atom is 0.157 e. The fourth-order valence-corrected chi connectivity index (χ4v) is 1.24. The first-order valence-corrected chi connectivity index (χ1v) is 4.39. The van der Waals surface area contributed by atoms with Gasteiger partial charge in [0.15, 0.2) is 5.60 Å². The molecule has 3 N–H and O–H groups in total. The minimum atomic E-state index is -1.56. The molecule has 0 heterocycles. The highest BCUT2D eigenvalue weighted by Crippen LogP contribution is 2.23. The highest BCUT2D eigenvalue weighted by molar-refractivity contribution is 5.32. The van der Waals surface area contributed by atoms with Gasteiger partial charge in [0.25, 0.3) is 0 Å². The lowest BCUT2D eigenvalue weighted by Gasteiger charge is -2.31. The van der Waals surface area contributed by atoms with Gasteiger partial charge in [-0.25, -0.2) is 0 Å². The maximum atomic E-state index is 9.88. The van der Waals surface area contributed by atoms with Gasteiger partial charge in [0, 0.05) is 6.42 Å². The van der Waals surface area contributed by atoms with Crippen LogP contribution in [0, 0.1) is 11.8 Å². The molecule has 0 radical (unpaired) electrons. The van der Waals surface area contributed by atoms with Crippen LogP contribution in [0.3, 0.4) is 0 Å². The highest BCUT2D eigenvalue weighted by Gasteiger charge is 2.37. The summed E-state index contributed by atoms with van der Waals surface area (Å²) in [5.74, 6) is 5.13. The van der Waals surface area contributed by atoms with Crippen molar-refractivity contribution in [3.8, 4) is 11.8 Å². The lowest BCUT2D eigenvalue weighted by atomic mass is 9.85. The molecule has 1 aliphatic carbocycles. The van der Waals surface area contributed by atoms with Crippen molar-refractivity contribution in [2.45, 2.75) is 31.2 Å². The van der Waals surface area contributed by atoms with E-state index in [0.717, 1.165) is 0 Å². The van der Waals surface area contributed by atoms with E-state index in [2.05, 4.69) is 18.4 Å². The number of hydrogen-bond donors (Lipinski definition) is 3. The molecule has 0 spiro atoms. The average molecular weight is 194 g/mol. The maximum absolute atomic E-state index is 9.88. The molecular weight excluding hydrogens is 180 g/mol. The Hall–Kier alpha value is -1.08. The van der Waals surface area contributed by atoms with Crippen LogP contribution in [-0.4, -0.2) is 33.1 Å². The molecule has 1 rings (SSSR count). The summed E-state index contributed by atoms with van der Waals surface area (Å²) >= 11 is 0. The van der Waals surface area contributed by atoms with Gasteiger partial charge in [-0.1, -0.05) is 30.6 Å². The largest absolute Gasteiger partial charge is 0.389 e. The van der Waals surface area contributed by atoms with Crippen LogP contribution in [0.5, 0.6) is 0 Å². The minimum absolute atomic E-state index is 0.0188. The molecule has 0 unspecified atom stereocenters. The molecule has 14 heavy (non-hydrogen) atoms. The zero-order valence-corrected chi connectivity index (χ0v) is 8.07. The van der Waals surface area contributed by atoms with Crippen LogP contribution in [0.25, 0.3) is 0 Å². The quantitative estimate of drug-likeness (QED) is 0.375. The molecule has 0 bridgehead atoms. The molecule has 0 saturated carbocycles. The monoisotopic (exact) mass is 194 g/mol. The Morgan fingerprint density at radius 2 is 2.14 bits per heavy atom. The Kier molecular flexibility index (Phi) is 3.12. The van der Waals surface area contributed by atoms with Crippen molar-refractivity contribution in [1.82, 2.24) is 0 Å². The summed E-state index contributed by atoms with van der Waals surface area (Å²) in [5, 5.41) is 28.6. The third kappa shape index (κ3) is 2.46. The first kappa shape index (κ1) is 11.0. The van der Waals surface area contributed by atoms with Crippen molar-refractivity contribution in [3.05, 3.63) is 24.3 Å². The number of hydrogen-bond acceptors (Lipinski definition) is 3. The standard InChI is InChI=1S/C11H14O3/c1-8(2)5-6-11(14)7-9(12)3-4-10(11)13/h3-4,9-10,12-14H,1,7H2,2H3/t9-,10-,11-/m0/s1. The van der Waals surface area contributed by atoms with Crippen molar-refractivity contribution >= 4 is 0 Å². The summed E-state index contributed by atoms with van der Waals surface area (Å²) < 4.78 is 0. The molecule has 3 nitrogen and oxygen atoms in total. The second-order valence-electron chi connectivity index (χ2n) is 3.56. The molecule has 3 atom stereocenters. The van der Waals surface area contributed by atoms with Gasteiger partial charge < -0.3 is 15.3 Å². The van der Waals surface area contributed by atoms with E-state index in [9.17, 15) is 15.3 Å². The molecule has 0 aromatic carbocycles. The first-order chi connectivity index (χ1) is 6.44. The van der Waals surface area contributed by atoms with Crippen molar-refractivity contribution < 1.29 is 15.3 Å². The van der Waals surface area contributed by atoms with E-state index >= 15 is 0 Å². The van der Waals surface area contributed by atoms with Gasteiger partial charge in [-0.15, -0.1) is 0 Å². The normalized spacial score (nSPS) is 36.0. The molecule has 0 fully saturated rings. The predicted molar refractivity (Wildman–Crippen MR) is 53.3 cm³/mol. The third-order valence-electron chi connectivity index (χ3n) is 2.02. The summed E-state index contributed by atoms with van der Waals surface area (Å²) in [6, 6.07) is 0. The third-order valence-corrected chi connectivity index (χ3v) is 2.02. The summed E-state index contributed by atoms with van der Waals surface area (Å²) in [5.41, 5.74) is -0.956. The van der Waals surface area contributed by atoms with E-state index in [1.807, 2.05) is 0 Å². The van der Waals surface area contributed by atoms with E-state index < -0.39 is 17.8 Å².